The maximum Gasteiger partial charge on any atom is 0.338 e. The van der Waals surface area contributed by atoms with Crippen molar-refractivity contribution in [3.8, 4) is 0 Å². The summed E-state index contributed by atoms with van der Waals surface area (Å²) in [6.45, 7) is 2.32. The van der Waals surface area contributed by atoms with Crippen LogP contribution in [0.1, 0.15) is 35.7 Å². The summed E-state index contributed by atoms with van der Waals surface area (Å²) >= 11 is 5.96. The van der Waals surface area contributed by atoms with Crippen molar-refractivity contribution in [2.24, 2.45) is 5.92 Å². The van der Waals surface area contributed by atoms with Gasteiger partial charge < -0.3 is 10.1 Å². The number of rotatable bonds is 7. The molecule has 1 fully saturated rings. The predicted molar refractivity (Wildman–Crippen MR) is 119 cm³/mol. The second kappa shape index (κ2) is 10.4. The zero-order valence-corrected chi connectivity index (χ0v) is 19.1. The van der Waals surface area contributed by atoms with E-state index in [9.17, 15) is 22.4 Å². The number of piperidine rings is 1. The van der Waals surface area contributed by atoms with Crippen molar-refractivity contribution in [1.29, 1.82) is 0 Å². The first kappa shape index (κ1) is 24.2. The fraction of sp³-hybridized carbons (Fsp3) is 0.364. The molecule has 0 aromatic heterocycles. The summed E-state index contributed by atoms with van der Waals surface area (Å²) in [6.07, 6.45) is 0.688. The van der Waals surface area contributed by atoms with Gasteiger partial charge >= 0.3 is 5.97 Å². The third-order valence-electron chi connectivity index (χ3n) is 5.27. The van der Waals surface area contributed by atoms with E-state index >= 15 is 0 Å². The van der Waals surface area contributed by atoms with Crippen LogP contribution in [-0.2, 0) is 25.3 Å². The van der Waals surface area contributed by atoms with Crippen LogP contribution >= 0.6 is 11.6 Å². The number of nitrogens with zero attached hydrogens (tertiary/aromatic N) is 1. The van der Waals surface area contributed by atoms with Gasteiger partial charge in [-0.3, -0.25) is 4.79 Å². The van der Waals surface area contributed by atoms with Gasteiger partial charge in [-0.25, -0.2) is 21.9 Å². The summed E-state index contributed by atoms with van der Waals surface area (Å²) in [4.78, 5) is 24.3. The third kappa shape index (κ3) is 5.85. The van der Waals surface area contributed by atoms with Gasteiger partial charge in [0.2, 0.25) is 15.9 Å². The molecule has 2 aromatic rings. The molecule has 1 amide bonds. The molecule has 0 unspecified atom stereocenters. The molecule has 2 aromatic carbocycles. The molecular weight excluding hydrogens is 459 g/mol. The number of esters is 1. The number of hydrogen-bond donors (Lipinski definition) is 1. The fourth-order valence-electron chi connectivity index (χ4n) is 3.49. The first-order chi connectivity index (χ1) is 15.2. The lowest BCUT2D eigenvalue weighted by Gasteiger charge is -2.30. The number of sulfonamides is 1. The van der Waals surface area contributed by atoms with Gasteiger partial charge in [-0.2, -0.15) is 0 Å². The van der Waals surface area contributed by atoms with Gasteiger partial charge in [0.25, 0.3) is 0 Å². The molecule has 3 rings (SSSR count). The highest BCUT2D eigenvalue weighted by Gasteiger charge is 2.32. The molecule has 1 saturated heterocycles. The average molecular weight is 483 g/mol. The zero-order valence-electron chi connectivity index (χ0n) is 17.5. The van der Waals surface area contributed by atoms with Crippen LogP contribution in [-0.4, -0.2) is 44.3 Å². The van der Waals surface area contributed by atoms with E-state index in [0.717, 1.165) is 0 Å². The normalized spacial score (nSPS) is 15.3. The minimum absolute atomic E-state index is 0.0553. The standard InChI is InChI=1S/C22H24ClFN2O5S/c1-2-31-22(28)16-6-8-17(9-7-16)25-21(27)15-10-12-26(13-11-15)32(29,30)14-18-19(23)4-3-5-20(18)24/h3-9,15H,2,10-14H2,1H3,(H,25,27). The molecule has 32 heavy (non-hydrogen) atoms. The van der Waals surface area contributed by atoms with Crippen LogP contribution in [0.15, 0.2) is 42.5 Å². The number of benzene rings is 2. The number of carbonyl (C=O) groups is 2. The summed E-state index contributed by atoms with van der Waals surface area (Å²) in [7, 11) is -3.77. The Labute approximate surface area is 191 Å². The summed E-state index contributed by atoms with van der Waals surface area (Å²) in [5.74, 6) is -2.20. The van der Waals surface area contributed by atoms with Crippen LogP contribution in [0.3, 0.4) is 0 Å². The van der Waals surface area contributed by atoms with Crippen molar-refractivity contribution in [2.45, 2.75) is 25.5 Å². The average Bonchev–Trinajstić information content (AvgIpc) is 2.77. The van der Waals surface area contributed by atoms with Gasteiger partial charge in [0.1, 0.15) is 5.82 Å². The lowest BCUT2D eigenvalue weighted by Crippen LogP contribution is -2.42. The maximum absolute atomic E-state index is 14.0. The number of nitrogens with one attached hydrogen (secondary N) is 1. The van der Waals surface area contributed by atoms with Crippen molar-refractivity contribution in [3.05, 3.63) is 64.4 Å². The number of hydrogen-bond acceptors (Lipinski definition) is 5. The highest BCUT2D eigenvalue weighted by Crippen LogP contribution is 2.26. The first-order valence-electron chi connectivity index (χ1n) is 10.2. The van der Waals surface area contributed by atoms with Crippen LogP contribution in [0, 0.1) is 11.7 Å². The zero-order chi connectivity index (χ0) is 23.3. The quantitative estimate of drug-likeness (QED) is 0.605. The molecule has 1 heterocycles. The Hall–Kier alpha value is -2.49. The Balaban J connectivity index is 1.55. The van der Waals surface area contributed by atoms with Gasteiger partial charge in [0, 0.05) is 35.3 Å². The van der Waals surface area contributed by atoms with E-state index in [4.69, 9.17) is 16.3 Å². The topological polar surface area (TPSA) is 92.8 Å². The van der Waals surface area contributed by atoms with E-state index in [1.807, 2.05) is 0 Å². The SMILES string of the molecule is CCOC(=O)c1ccc(NC(=O)C2CCN(S(=O)(=O)Cc3c(F)cccc3Cl)CC2)cc1. The summed E-state index contributed by atoms with van der Waals surface area (Å²) in [5, 5.41) is 2.86. The molecule has 172 valence electrons. The van der Waals surface area contributed by atoms with Crippen LogP contribution in [0.2, 0.25) is 5.02 Å². The Morgan fingerprint density at radius 1 is 1.16 bits per heavy atom. The molecule has 0 atom stereocenters. The first-order valence-corrected chi connectivity index (χ1v) is 12.2. The highest BCUT2D eigenvalue weighted by atomic mass is 35.5. The van der Waals surface area contributed by atoms with Crippen molar-refractivity contribution < 1.29 is 27.1 Å². The summed E-state index contributed by atoms with van der Waals surface area (Å²) in [6, 6.07) is 10.4. The van der Waals surface area contributed by atoms with E-state index in [0.29, 0.717) is 24.1 Å². The number of carbonyl (C=O) groups excluding carboxylic acids is 2. The van der Waals surface area contributed by atoms with Crippen molar-refractivity contribution in [1.82, 2.24) is 4.31 Å². The Kier molecular flexibility index (Phi) is 7.86. The molecule has 1 aliphatic heterocycles. The van der Waals surface area contributed by atoms with Crippen LogP contribution < -0.4 is 5.32 Å². The van der Waals surface area contributed by atoms with Gasteiger partial charge in [-0.05, 0) is 56.2 Å². The van der Waals surface area contributed by atoms with Crippen molar-refractivity contribution in [2.75, 3.05) is 25.0 Å². The van der Waals surface area contributed by atoms with E-state index in [1.54, 1.807) is 31.2 Å². The van der Waals surface area contributed by atoms with E-state index in [1.165, 1.54) is 22.5 Å². The number of anilines is 1. The molecule has 10 heteroatoms. The number of amides is 1. The van der Waals surface area contributed by atoms with Crippen molar-refractivity contribution >= 4 is 39.2 Å². The smallest absolute Gasteiger partial charge is 0.338 e. The predicted octanol–water partition coefficient (Wildman–Crippen LogP) is 3.84. The number of ether oxygens (including phenoxy) is 1. The monoisotopic (exact) mass is 482 g/mol. The second-order valence-electron chi connectivity index (χ2n) is 7.42. The molecule has 1 aliphatic rings. The highest BCUT2D eigenvalue weighted by molar-refractivity contribution is 7.88. The minimum atomic E-state index is -3.77. The number of halogens is 2. The Morgan fingerprint density at radius 2 is 1.81 bits per heavy atom. The van der Waals surface area contributed by atoms with Gasteiger partial charge in [0.15, 0.2) is 0 Å². The molecule has 1 N–H and O–H groups in total. The van der Waals surface area contributed by atoms with Crippen LogP contribution in [0.5, 0.6) is 0 Å². The molecule has 0 aliphatic carbocycles. The van der Waals surface area contributed by atoms with E-state index < -0.39 is 27.6 Å². The Bertz CT molecular complexity index is 1060. The minimum Gasteiger partial charge on any atom is -0.462 e. The maximum atomic E-state index is 14.0. The van der Waals surface area contributed by atoms with Gasteiger partial charge in [-0.15, -0.1) is 0 Å². The third-order valence-corrected chi connectivity index (χ3v) is 7.43. The molecular formula is C22H24ClFN2O5S. The molecule has 0 bridgehead atoms. The summed E-state index contributed by atoms with van der Waals surface area (Å²) < 4.78 is 45.6. The molecule has 0 spiro atoms. The fourth-order valence-corrected chi connectivity index (χ4v) is 5.41. The molecule has 7 nitrogen and oxygen atoms in total. The van der Waals surface area contributed by atoms with E-state index in [2.05, 4.69) is 5.32 Å². The van der Waals surface area contributed by atoms with Crippen molar-refractivity contribution in [3.63, 3.8) is 0 Å². The largest absolute Gasteiger partial charge is 0.462 e. The lowest BCUT2D eigenvalue weighted by atomic mass is 9.97. The Morgan fingerprint density at radius 3 is 2.41 bits per heavy atom. The second-order valence-corrected chi connectivity index (χ2v) is 9.79. The van der Waals surface area contributed by atoms with Gasteiger partial charge in [-0.1, -0.05) is 17.7 Å². The summed E-state index contributed by atoms with van der Waals surface area (Å²) in [5.41, 5.74) is 0.867. The van der Waals surface area contributed by atoms with Gasteiger partial charge in [0.05, 0.1) is 17.9 Å². The van der Waals surface area contributed by atoms with Crippen LogP contribution in [0.4, 0.5) is 10.1 Å². The lowest BCUT2D eigenvalue weighted by molar-refractivity contribution is -0.120. The molecule has 0 saturated carbocycles. The van der Waals surface area contributed by atoms with E-state index in [-0.39, 0.29) is 42.1 Å². The van der Waals surface area contributed by atoms with Crippen LogP contribution in [0.25, 0.3) is 0 Å². The molecule has 0 radical (unpaired) electrons.